The molecule has 0 radical (unpaired) electrons. The summed E-state index contributed by atoms with van der Waals surface area (Å²) in [7, 11) is 3.11. The molecule has 158 valence electrons. The molecule has 1 aliphatic heterocycles. The van der Waals surface area contributed by atoms with Gasteiger partial charge in [-0.1, -0.05) is 12.1 Å². The smallest absolute Gasteiger partial charge is 0.306 e. The van der Waals surface area contributed by atoms with Gasteiger partial charge in [-0.25, -0.2) is 0 Å². The zero-order chi connectivity index (χ0) is 21.7. The van der Waals surface area contributed by atoms with Gasteiger partial charge >= 0.3 is 5.97 Å². The quantitative estimate of drug-likeness (QED) is 0.703. The Kier molecular flexibility index (Phi) is 6.56. The molecule has 0 aliphatic carbocycles. The fourth-order valence-electron chi connectivity index (χ4n) is 3.21. The number of carbonyl (C=O) groups is 3. The minimum atomic E-state index is -1.02. The monoisotopic (exact) mass is 412 g/mol. The number of fused-ring (bicyclic) bond motifs is 1. The first kappa shape index (κ1) is 21.2. The lowest BCUT2D eigenvalue weighted by Gasteiger charge is -2.30. The van der Waals surface area contributed by atoms with Crippen molar-refractivity contribution in [2.75, 3.05) is 31.0 Å². The normalized spacial score (nSPS) is 13.7. The van der Waals surface area contributed by atoms with E-state index in [1.807, 2.05) is 12.1 Å². The molecule has 1 heterocycles. The molecular weight excluding hydrogens is 388 g/mol. The minimum Gasteiger partial charge on any atom is -0.497 e. The predicted octanol–water partition coefficient (Wildman–Crippen LogP) is 2.55. The molecule has 0 fully saturated rings. The van der Waals surface area contributed by atoms with Crippen LogP contribution in [0.3, 0.4) is 0 Å². The second-order valence-electron chi connectivity index (χ2n) is 6.84. The molecular formula is C22H24N2O6. The Labute approximate surface area is 174 Å². The van der Waals surface area contributed by atoms with Gasteiger partial charge in [0, 0.05) is 12.5 Å². The highest BCUT2D eigenvalue weighted by Gasteiger charge is 2.31. The van der Waals surface area contributed by atoms with Crippen LogP contribution in [0.5, 0.6) is 11.5 Å². The Bertz CT molecular complexity index is 936. The van der Waals surface area contributed by atoms with E-state index < -0.39 is 18.0 Å². The highest BCUT2D eigenvalue weighted by atomic mass is 16.5. The zero-order valence-electron chi connectivity index (χ0n) is 17.1. The van der Waals surface area contributed by atoms with E-state index in [9.17, 15) is 14.4 Å². The van der Waals surface area contributed by atoms with E-state index in [0.717, 1.165) is 5.56 Å². The summed E-state index contributed by atoms with van der Waals surface area (Å²) in [6.45, 7) is 1.38. The maximum atomic E-state index is 12.8. The molecule has 2 aromatic rings. The Hall–Kier alpha value is -3.55. The van der Waals surface area contributed by atoms with Gasteiger partial charge in [-0.05, 0) is 43.2 Å². The average Bonchev–Trinajstić information content (AvgIpc) is 2.76. The van der Waals surface area contributed by atoms with Crippen LogP contribution in [0.15, 0.2) is 42.5 Å². The standard InChI is InChI=1S/C22H24N2O6/c1-14(22(27)24-13-20(25)23-18-6-4-5-7-19(18)24)30-21(26)9-8-15-10-16(28-2)12-17(11-15)29-3/h4-7,10-12,14H,8-9,13H2,1-3H3,(H,23,25)/t14-/m0/s1. The SMILES string of the molecule is COc1cc(CCC(=O)O[C@@H](C)C(=O)N2CC(=O)Nc3ccccc32)cc(OC)c1. The number of methoxy groups -OCH3 is 2. The number of benzene rings is 2. The topological polar surface area (TPSA) is 94.2 Å². The number of ether oxygens (including phenoxy) is 3. The van der Waals surface area contributed by atoms with Gasteiger partial charge < -0.3 is 19.5 Å². The summed E-state index contributed by atoms with van der Waals surface area (Å²) in [4.78, 5) is 38.4. The van der Waals surface area contributed by atoms with Crippen molar-refractivity contribution < 1.29 is 28.6 Å². The molecule has 0 spiro atoms. The highest BCUT2D eigenvalue weighted by molar-refractivity contribution is 6.11. The summed E-state index contributed by atoms with van der Waals surface area (Å²) in [5.41, 5.74) is 1.98. The summed E-state index contributed by atoms with van der Waals surface area (Å²) in [6.07, 6.45) is -0.524. The number of para-hydroxylation sites is 2. The van der Waals surface area contributed by atoms with Crippen molar-refractivity contribution in [3.8, 4) is 11.5 Å². The molecule has 0 bridgehead atoms. The van der Waals surface area contributed by atoms with E-state index >= 15 is 0 Å². The van der Waals surface area contributed by atoms with Gasteiger partial charge in [0.2, 0.25) is 5.91 Å². The van der Waals surface area contributed by atoms with Crippen molar-refractivity contribution in [1.29, 1.82) is 0 Å². The summed E-state index contributed by atoms with van der Waals surface area (Å²) < 4.78 is 15.8. The number of nitrogens with zero attached hydrogens (tertiary/aromatic N) is 1. The maximum absolute atomic E-state index is 12.8. The van der Waals surface area contributed by atoms with E-state index in [1.165, 1.54) is 11.8 Å². The first-order valence-electron chi connectivity index (χ1n) is 9.53. The second kappa shape index (κ2) is 9.30. The van der Waals surface area contributed by atoms with Crippen LogP contribution in [0.4, 0.5) is 11.4 Å². The van der Waals surface area contributed by atoms with Gasteiger partial charge in [-0.2, -0.15) is 0 Å². The number of nitrogens with one attached hydrogen (secondary N) is 1. The third-order valence-corrected chi connectivity index (χ3v) is 4.72. The van der Waals surface area contributed by atoms with E-state index in [2.05, 4.69) is 5.32 Å². The number of hydrogen-bond donors (Lipinski definition) is 1. The van der Waals surface area contributed by atoms with Crippen molar-refractivity contribution >= 4 is 29.2 Å². The Morgan fingerprint density at radius 2 is 1.77 bits per heavy atom. The number of anilines is 2. The second-order valence-corrected chi connectivity index (χ2v) is 6.84. The highest BCUT2D eigenvalue weighted by Crippen LogP contribution is 2.29. The Morgan fingerprint density at radius 1 is 1.10 bits per heavy atom. The van der Waals surface area contributed by atoms with Gasteiger partial charge in [0.15, 0.2) is 6.10 Å². The van der Waals surface area contributed by atoms with Crippen molar-refractivity contribution in [2.24, 2.45) is 0 Å². The lowest BCUT2D eigenvalue weighted by molar-refractivity contribution is -0.153. The summed E-state index contributed by atoms with van der Waals surface area (Å²) >= 11 is 0. The molecule has 2 aromatic carbocycles. The molecule has 1 atom stereocenters. The zero-order valence-corrected chi connectivity index (χ0v) is 17.1. The molecule has 30 heavy (non-hydrogen) atoms. The number of hydrogen-bond acceptors (Lipinski definition) is 6. The lowest BCUT2D eigenvalue weighted by Crippen LogP contribution is -2.47. The first-order valence-corrected chi connectivity index (χ1v) is 9.53. The largest absolute Gasteiger partial charge is 0.497 e. The molecule has 2 amide bonds. The van der Waals surface area contributed by atoms with Crippen LogP contribution in [0.2, 0.25) is 0 Å². The van der Waals surface area contributed by atoms with Crippen molar-refractivity contribution in [3.05, 3.63) is 48.0 Å². The lowest BCUT2D eigenvalue weighted by atomic mass is 10.1. The summed E-state index contributed by atoms with van der Waals surface area (Å²) in [6, 6.07) is 12.4. The first-order chi connectivity index (χ1) is 14.4. The van der Waals surface area contributed by atoms with Gasteiger partial charge in [-0.15, -0.1) is 0 Å². The van der Waals surface area contributed by atoms with Crippen molar-refractivity contribution in [1.82, 2.24) is 0 Å². The maximum Gasteiger partial charge on any atom is 0.306 e. The van der Waals surface area contributed by atoms with E-state index in [4.69, 9.17) is 14.2 Å². The Balaban J connectivity index is 1.61. The van der Waals surface area contributed by atoms with Gasteiger partial charge in [0.1, 0.15) is 18.0 Å². The van der Waals surface area contributed by atoms with Crippen molar-refractivity contribution in [2.45, 2.75) is 25.9 Å². The molecule has 0 saturated heterocycles. The van der Waals surface area contributed by atoms with Gasteiger partial charge in [-0.3, -0.25) is 19.3 Å². The third-order valence-electron chi connectivity index (χ3n) is 4.72. The predicted molar refractivity (Wildman–Crippen MR) is 111 cm³/mol. The average molecular weight is 412 g/mol. The van der Waals surface area contributed by atoms with Crippen LogP contribution >= 0.6 is 0 Å². The molecule has 0 aromatic heterocycles. The fourth-order valence-corrected chi connectivity index (χ4v) is 3.21. The molecule has 8 nitrogen and oxygen atoms in total. The van der Waals surface area contributed by atoms with Crippen LogP contribution in [0.1, 0.15) is 18.9 Å². The molecule has 3 rings (SSSR count). The molecule has 8 heteroatoms. The van der Waals surface area contributed by atoms with Crippen molar-refractivity contribution in [3.63, 3.8) is 0 Å². The number of carbonyl (C=O) groups excluding carboxylic acids is 3. The summed E-state index contributed by atoms with van der Waals surface area (Å²) in [5.74, 6) is 0.000221. The van der Waals surface area contributed by atoms with E-state index in [-0.39, 0.29) is 18.9 Å². The van der Waals surface area contributed by atoms with Crippen LogP contribution in [0.25, 0.3) is 0 Å². The fraction of sp³-hybridized carbons (Fsp3) is 0.318. The van der Waals surface area contributed by atoms with Gasteiger partial charge in [0.25, 0.3) is 5.91 Å². The minimum absolute atomic E-state index is 0.0883. The van der Waals surface area contributed by atoms with Crippen LogP contribution in [-0.4, -0.2) is 44.7 Å². The van der Waals surface area contributed by atoms with Crippen LogP contribution < -0.4 is 19.7 Å². The van der Waals surface area contributed by atoms with E-state index in [1.54, 1.807) is 44.6 Å². The molecule has 1 aliphatic rings. The van der Waals surface area contributed by atoms with Gasteiger partial charge in [0.05, 0.1) is 25.6 Å². The number of esters is 1. The molecule has 0 unspecified atom stereocenters. The Morgan fingerprint density at radius 3 is 2.43 bits per heavy atom. The number of rotatable bonds is 7. The third kappa shape index (κ3) is 4.89. The number of amides is 2. The summed E-state index contributed by atoms with van der Waals surface area (Å²) in [5, 5.41) is 2.72. The number of aryl methyl sites for hydroxylation is 1. The van der Waals surface area contributed by atoms with Crippen LogP contribution in [0, 0.1) is 0 Å². The molecule has 1 N–H and O–H groups in total. The molecule has 0 saturated carbocycles. The van der Waals surface area contributed by atoms with Crippen LogP contribution in [-0.2, 0) is 25.5 Å². The van der Waals surface area contributed by atoms with E-state index in [0.29, 0.717) is 29.3 Å².